The summed E-state index contributed by atoms with van der Waals surface area (Å²) in [6.07, 6.45) is 3.75. The summed E-state index contributed by atoms with van der Waals surface area (Å²) < 4.78 is 28.9. The van der Waals surface area contributed by atoms with Crippen molar-refractivity contribution in [2.75, 3.05) is 0 Å². The van der Waals surface area contributed by atoms with E-state index in [2.05, 4.69) is 16.2 Å². The highest BCUT2D eigenvalue weighted by Crippen LogP contribution is 1.94. The number of aromatic nitrogens is 2. The van der Waals surface area contributed by atoms with Crippen LogP contribution in [-0.2, 0) is 15.9 Å². The monoisotopic (exact) mass is 173 g/mol. The van der Waals surface area contributed by atoms with E-state index in [0.717, 1.165) is 0 Å². The standard InChI is InChI=1S/C5H5N2O3S/c8-11(9,10)4-5-6-2-1-3-7-5/h1-2H,4H2,(H,8,9,10). The van der Waals surface area contributed by atoms with Crippen molar-refractivity contribution in [3.8, 4) is 0 Å². The minimum absolute atomic E-state index is 0.0370. The van der Waals surface area contributed by atoms with E-state index in [1.54, 1.807) is 0 Å². The average Bonchev–Trinajstić information content (AvgIpc) is 1.85. The van der Waals surface area contributed by atoms with Gasteiger partial charge in [0.05, 0.1) is 6.20 Å². The van der Waals surface area contributed by atoms with E-state index in [9.17, 15) is 8.42 Å². The van der Waals surface area contributed by atoms with Crippen LogP contribution in [0, 0.1) is 6.20 Å². The van der Waals surface area contributed by atoms with E-state index in [-0.39, 0.29) is 5.82 Å². The molecule has 1 aromatic rings. The Morgan fingerprint density at radius 1 is 1.64 bits per heavy atom. The van der Waals surface area contributed by atoms with Crippen LogP contribution in [0.1, 0.15) is 5.82 Å². The van der Waals surface area contributed by atoms with E-state index >= 15 is 0 Å². The quantitative estimate of drug-likeness (QED) is 0.619. The third-order valence-corrected chi connectivity index (χ3v) is 1.50. The molecule has 0 unspecified atom stereocenters. The lowest BCUT2D eigenvalue weighted by atomic mass is 10.6. The second kappa shape index (κ2) is 2.93. The second-order valence-electron chi connectivity index (χ2n) is 1.83. The van der Waals surface area contributed by atoms with Crippen molar-refractivity contribution in [1.29, 1.82) is 0 Å². The number of hydrogen-bond donors (Lipinski definition) is 1. The van der Waals surface area contributed by atoms with Gasteiger partial charge < -0.3 is 0 Å². The third kappa shape index (κ3) is 3.06. The summed E-state index contributed by atoms with van der Waals surface area (Å²) >= 11 is 0. The van der Waals surface area contributed by atoms with Crippen molar-refractivity contribution < 1.29 is 13.0 Å². The van der Waals surface area contributed by atoms with Crippen LogP contribution in [0.2, 0.25) is 0 Å². The minimum Gasteiger partial charge on any atom is -0.285 e. The normalized spacial score (nSPS) is 11.4. The SMILES string of the molecule is O=S(=O)(O)Cc1n[c]ccn1. The molecule has 0 fully saturated rings. The Kier molecular flexibility index (Phi) is 2.16. The van der Waals surface area contributed by atoms with Crippen LogP contribution in [0.15, 0.2) is 12.3 Å². The first-order valence-electron chi connectivity index (χ1n) is 2.71. The molecule has 0 saturated carbocycles. The second-order valence-corrected chi connectivity index (χ2v) is 3.28. The summed E-state index contributed by atoms with van der Waals surface area (Å²) in [6, 6.07) is 1.44. The molecule has 0 spiro atoms. The lowest BCUT2D eigenvalue weighted by molar-refractivity contribution is 0.480. The molecule has 0 aromatic carbocycles. The fourth-order valence-electron chi connectivity index (χ4n) is 0.530. The van der Waals surface area contributed by atoms with Crippen LogP contribution in [0.5, 0.6) is 0 Å². The third-order valence-electron chi connectivity index (χ3n) is 0.878. The van der Waals surface area contributed by atoms with Gasteiger partial charge in [0.1, 0.15) is 11.6 Å². The molecule has 1 N–H and O–H groups in total. The largest absolute Gasteiger partial charge is 0.285 e. The van der Waals surface area contributed by atoms with Crippen LogP contribution < -0.4 is 0 Å². The van der Waals surface area contributed by atoms with Crippen molar-refractivity contribution in [3.05, 3.63) is 24.3 Å². The molecule has 6 heteroatoms. The van der Waals surface area contributed by atoms with Gasteiger partial charge in [0, 0.05) is 6.20 Å². The first-order chi connectivity index (χ1) is 5.08. The van der Waals surface area contributed by atoms with Crippen molar-refractivity contribution in [1.82, 2.24) is 9.97 Å². The highest BCUT2D eigenvalue weighted by Gasteiger charge is 2.07. The summed E-state index contributed by atoms with van der Waals surface area (Å²) in [5.74, 6) is -0.528. The molecule has 11 heavy (non-hydrogen) atoms. The van der Waals surface area contributed by atoms with Gasteiger partial charge in [-0.2, -0.15) is 8.42 Å². The fraction of sp³-hybridized carbons (Fsp3) is 0.200. The first kappa shape index (κ1) is 8.09. The molecule has 0 saturated heterocycles. The van der Waals surface area contributed by atoms with Crippen LogP contribution in [0.3, 0.4) is 0 Å². The maximum atomic E-state index is 10.3. The summed E-state index contributed by atoms with van der Waals surface area (Å²) in [7, 11) is -4.02. The zero-order valence-electron chi connectivity index (χ0n) is 5.43. The summed E-state index contributed by atoms with van der Waals surface area (Å²) in [5.41, 5.74) is 0. The fourth-order valence-corrected chi connectivity index (χ4v) is 0.995. The maximum absolute atomic E-state index is 10.3. The summed E-state index contributed by atoms with van der Waals surface area (Å²) in [5, 5.41) is 0. The highest BCUT2D eigenvalue weighted by molar-refractivity contribution is 7.84. The number of rotatable bonds is 2. The van der Waals surface area contributed by atoms with Gasteiger partial charge in [0.2, 0.25) is 0 Å². The Morgan fingerprint density at radius 3 is 2.82 bits per heavy atom. The average molecular weight is 173 g/mol. The van der Waals surface area contributed by atoms with Crippen molar-refractivity contribution in [2.45, 2.75) is 5.75 Å². The van der Waals surface area contributed by atoms with Crippen molar-refractivity contribution in [2.24, 2.45) is 0 Å². The summed E-state index contributed by atoms with van der Waals surface area (Å²) in [6.45, 7) is 0. The smallest absolute Gasteiger partial charge is 0.272 e. The molecular weight excluding hydrogens is 168 g/mol. The molecule has 0 aliphatic carbocycles. The molecule has 5 nitrogen and oxygen atoms in total. The number of hydrogen-bond acceptors (Lipinski definition) is 4. The van der Waals surface area contributed by atoms with E-state index < -0.39 is 15.9 Å². The Balaban J connectivity index is 2.82. The summed E-state index contributed by atoms with van der Waals surface area (Å²) in [4.78, 5) is 7.07. The predicted molar refractivity (Wildman–Crippen MR) is 36.1 cm³/mol. The molecule has 0 bridgehead atoms. The molecule has 1 rings (SSSR count). The van der Waals surface area contributed by atoms with Crippen molar-refractivity contribution >= 4 is 10.1 Å². The van der Waals surface area contributed by atoms with Crippen LogP contribution in [-0.4, -0.2) is 22.9 Å². The van der Waals surface area contributed by atoms with E-state index in [1.165, 1.54) is 12.3 Å². The molecule has 1 aromatic heterocycles. The lowest BCUT2D eigenvalue weighted by Crippen LogP contribution is -2.04. The van der Waals surface area contributed by atoms with E-state index in [4.69, 9.17) is 4.55 Å². The topological polar surface area (TPSA) is 80.2 Å². The molecule has 1 heterocycles. The zero-order chi connectivity index (χ0) is 8.32. The van der Waals surface area contributed by atoms with Gasteiger partial charge in [-0.05, 0) is 6.07 Å². The molecule has 0 atom stereocenters. The van der Waals surface area contributed by atoms with Crippen LogP contribution in [0.25, 0.3) is 0 Å². The lowest BCUT2D eigenvalue weighted by Gasteiger charge is -1.92. The Bertz CT molecular complexity index is 321. The predicted octanol–water partition coefficient (Wildman–Crippen LogP) is -0.335. The van der Waals surface area contributed by atoms with Crippen molar-refractivity contribution in [3.63, 3.8) is 0 Å². The molecule has 0 aliphatic rings. The molecule has 1 radical (unpaired) electrons. The Hall–Kier alpha value is -1.01. The van der Waals surface area contributed by atoms with Crippen LogP contribution >= 0.6 is 0 Å². The van der Waals surface area contributed by atoms with E-state index in [1.807, 2.05) is 0 Å². The van der Waals surface area contributed by atoms with Gasteiger partial charge >= 0.3 is 0 Å². The Morgan fingerprint density at radius 2 is 2.36 bits per heavy atom. The van der Waals surface area contributed by atoms with Crippen LogP contribution in [0.4, 0.5) is 0 Å². The minimum atomic E-state index is -4.02. The molecule has 0 amide bonds. The highest BCUT2D eigenvalue weighted by atomic mass is 32.2. The van der Waals surface area contributed by atoms with Gasteiger partial charge in [0.25, 0.3) is 10.1 Å². The van der Waals surface area contributed by atoms with Gasteiger partial charge in [0.15, 0.2) is 0 Å². The molecule has 59 valence electrons. The molecule has 0 aliphatic heterocycles. The number of nitrogens with zero attached hydrogens (tertiary/aromatic N) is 2. The van der Waals surface area contributed by atoms with Gasteiger partial charge in [-0.3, -0.25) is 4.55 Å². The molecular formula is C5H5N2O3S. The van der Waals surface area contributed by atoms with Gasteiger partial charge in [-0.15, -0.1) is 0 Å². The first-order valence-corrected chi connectivity index (χ1v) is 4.32. The maximum Gasteiger partial charge on any atom is 0.272 e. The van der Waals surface area contributed by atoms with Gasteiger partial charge in [-0.25, -0.2) is 9.97 Å². The zero-order valence-corrected chi connectivity index (χ0v) is 6.24. The Labute approximate surface area is 63.9 Å². The van der Waals surface area contributed by atoms with Gasteiger partial charge in [-0.1, -0.05) is 0 Å². The van der Waals surface area contributed by atoms with E-state index in [0.29, 0.717) is 0 Å².